The normalized spacial score (nSPS) is 14.5. The number of aliphatic carboxylic acids is 1. The standard InChI is InChI=1S/C30H33FNO5P/c1-18(2)25-26(21-12-14-23(31)15-13-21)24(16-17-30(20(5)33,29(34)35)38(36)37-6)27(19(3)4)32-28(25)22-10-8-7-9-11-22/h7-15,18-20,33,38H,1-6H3,(H,34,35). The molecular formula is C30H33FNO5P. The average Bonchev–Trinajstić information content (AvgIpc) is 2.88. The van der Waals surface area contributed by atoms with Gasteiger partial charge in [0.1, 0.15) is 5.82 Å². The number of aromatic nitrogens is 1. The van der Waals surface area contributed by atoms with E-state index in [0.717, 1.165) is 23.9 Å². The average molecular weight is 538 g/mol. The van der Waals surface area contributed by atoms with Crippen molar-refractivity contribution in [1.82, 2.24) is 4.98 Å². The van der Waals surface area contributed by atoms with Crippen molar-refractivity contribution in [1.29, 1.82) is 0 Å². The first-order valence-electron chi connectivity index (χ1n) is 12.4. The highest BCUT2D eigenvalue weighted by molar-refractivity contribution is 7.43. The molecule has 3 rings (SSSR count). The van der Waals surface area contributed by atoms with Crippen molar-refractivity contribution in [2.75, 3.05) is 7.11 Å². The Morgan fingerprint density at radius 3 is 2.08 bits per heavy atom. The molecule has 2 N–H and O–H groups in total. The Morgan fingerprint density at radius 2 is 1.61 bits per heavy atom. The monoisotopic (exact) mass is 537 g/mol. The van der Waals surface area contributed by atoms with Gasteiger partial charge in [-0.3, -0.25) is 9.55 Å². The summed E-state index contributed by atoms with van der Waals surface area (Å²) in [5.41, 5.74) is 4.90. The van der Waals surface area contributed by atoms with Crippen LogP contribution in [0.3, 0.4) is 0 Å². The second-order valence-electron chi connectivity index (χ2n) is 9.72. The number of hydrogen-bond acceptors (Lipinski definition) is 5. The van der Waals surface area contributed by atoms with Gasteiger partial charge in [-0.05, 0) is 42.0 Å². The maximum atomic E-state index is 13.9. The Labute approximate surface area is 223 Å². The summed E-state index contributed by atoms with van der Waals surface area (Å²) in [6.45, 7) is 9.16. The topological polar surface area (TPSA) is 96.7 Å². The number of hydrogen-bond donors (Lipinski definition) is 2. The smallest absolute Gasteiger partial charge is 0.334 e. The Bertz CT molecular complexity index is 1390. The van der Waals surface area contributed by atoms with Crippen LogP contribution in [0.1, 0.15) is 63.3 Å². The maximum Gasteiger partial charge on any atom is 0.334 e. The van der Waals surface area contributed by atoms with E-state index in [4.69, 9.17) is 9.51 Å². The first-order valence-corrected chi connectivity index (χ1v) is 13.7. The van der Waals surface area contributed by atoms with E-state index in [-0.39, 0.29) is 11.8 Å². The minimum absolute atomic E-state index is 0.0429. The first kappa shape index (κ1) is 29.3. The molecule has 3 unspecified atom stereocenters. The highest BCUT2D eigenvalue weighted by Gasteiger charge is 2.49. The summed E-state index contributed by atoms with van der Waals surface area (Å²) in [7, 11) is -2.21. The zero-order valence-electron chi connectivity index (χ0n) is 22.4. The largest absolute Gasteiger partial charge is 0.480 e. The SMILES string of the molecule is CO[PH](=O)C(C#Cc1c(C(C)C)nc(-c2ccccc2)c(C(C)C)c1-c1ccc(F)cc1)(C(=O)O)C(C)O. The van der Waals surface area contributed by atoms with Crippen molar-refractivity contribution >= 4 is 14.0 Å². The van der Waals surface area contributed by atoms with Crippen LogP contribution in [0, 0.1) is 17.7 Å². The zero-order chi connectivity index (χ0) is 28.2. The van der Waals surface area contributed by atoms with Gasteiger partial charge in [0.05, 0.1) is 23.1 Å². The van der Waals surface area contributed by atoms with E-state index in [2.05, 4.69) is 11.8 Å². The second-order valence-corrected chi connectivity index (χ2v) is 11.5. The molecule has 2 aromatic carbocycles. The molecule has 0 spiro atoms. The number of carbonyl (C=O) groups is 1. The summed E-state index contributed by atoms with van der Waals surface area (Å²) < 4.78 is 31.7. The fraction of sp³-hybridized carbons (Fsp3) is 0.333. The van der Waals surface area contributed by atoms with Gasteiger partial charge in [0.25, 0.3) is 0 Å². The number of rotatable bonds is 8. The molecule has 0 saturated carbocycles. The lowest BCUT2D eigenvalue weighted by atomic mass is 9.83. The van der Waals surface area contributed by atoms with Gasteiger partial charge in [-0.1, -0.05) is 82.0 Å². The molecule has 3 aromatic rings. The third-order valence-corrected chi connectivity index (χ3v) is 8.19. The zero-order valence-corrected chi connectivity index (χ0v) is 23.4. The summed E-state index contributed by atoms with van der Waals surface area (Å²) in [4.78, 5) is 17.4. The molecule has 3 atom stereocenters. The van der Waals surface area contributed by atoms with Gasteiger partial charge in [-0.2, -0.15) is 0 Å². The summed E-state index contributed by atoms with van der Waals surface area (Å²) in [6, 6.07) is 15.7. The minimum Gasteiger partial charge on any atom is -0.480 e. The Morgan fingerprint density at radius 1 is 1.00 bits per heavy atom. The third-order valence-electron chi connectivity index (χ3n) is 6.42. The Balaban J connectivity index is 2.55. The molecule has 0 bridgehead atoms. The first-order chi connectivity index (χ1) is 17.9. The van der Waals surface area contributed by atoms with Crippen molar-refractivity contribution in [3.8, 4) is 34.2 Å². The number of benzene rings is 2. The molecular weight excluding hydrogens is 504 g/mol. The Kier molecular flexibility index (Phi) is 9.27. The van der Waals surface area contributed by atoms with Gasteiger partial charge >= 0.3 is 5.97 Å². The predicted molar refractivity (Wildman–Crippen MR) is 148 cm³/mol. The number of pyridine rings is 1. The number of carboxylic acids is 1. The minimum atomic E-state index is -3.33. The molecule has 0 saturated heterocycles. The molecule has 1 aromatic heterocycles. The van der Waals surface area contributed by atoms with Crippen LogP contribution in [0.4, 0.5) is 4.39 Å². The van der Waals surface area contributed by atoms with Gasteiger partial charge in [0.15, 0.2) is 0 Å². The maximum absolute atomic E-state index is 13.9. The van der Waals surface area contributed by atoms with Crippen LogP contribution in [0.25, 0.3) is 22.4 Å². The molecule has 0 aliphatic carbocycles. The van der Waals surface area contributed by atoms with Crippen molar-refractivity contribution < 1.29 is 28.5 Å². The lowest BCUT2D eigenvalue weighted by Gasteiger charge is -2.26. The fourth-order valence-corrected chi connectivity index (χ4v) is 5.43. The van der Waals surface area contributed by atoms with Crippen LogP contribution < -0.4 is 0 Å². The second kappa shape index (κ2) is 12.0. The summed E-state index contributed by atoms with van der Waals surface area (Å²) >= 11 is 0. The van der Waals surface area contributed by atoms with Gasteiger partial charge in [0, 0.05) is 18.2 Å². The van der Waals surface area contributed by atoms with Gasteiger partial charge in [0.2, 0.25) is 13.2 Å². The summed E-state index contributed by atoms with van der Waals surface area (Å²) in [5.74, 6) is 3.49. The van der Waals surface area contributed by atoms with Crippen LogP contribution in [0.15, 0.2) is 54.6 Å². The van der Waals surface area contributed by atoms with Crippen molar-refractivity contribution in [3.05, 3.63) is 77.2 Å². The van der Waals surface area contributed by atoms with E-state index < -0.39 is 31.1 Å². The van der Waals surface area contributed by atoms with Crippen LogP contribution in [-0.4, -0.2) is 39.5 Å². The van der Waals surface area contributed by atoms with Gasteiger partial charge < -0.3 is 14.7 Å². The van der Waals surface area contributed by atoms with Gasteiger partial charge in [-0.25, -0.2) is 9.18 Å². The summed E-state index contributed by atoms with van der Waals surface area (Å²) in [5, 5.41) is 18.1. The van der Waals surface area contributed by atoms with Crippen LogP contribution in [0.5, 0.6) is 0 Å². The molecule has 0 fully saturated rings. The van der Waals surface area contributed by atoms with Crippen molar-refractivity contribution in [2.24, 2.45) is 0 Å². The molecule has 200 valence electrons. The fourth-order valence-electron chi connectivity index (χ4n) is 4.42. The van der Waals surface area contributed by atoms with Crippen LogP contribution in [-0.2, 0) is 13.9 Å². The number of aliphatic hydroxyl groups is 1. The van der Waals surface area contributed by atoms with Crippen LogP contribution >= 0.6 is 8.03 Å². The highest BCUT2D eigenvalue weighted by atomic mass is 31.1. The Hall–Kier alpha value is -3.30. The van der Waals surface area contributed by atoms with E-state index in [1.807, 2.05) is 58.0 Å². The highest BCUT2D eigenvalue weighted by Crippen LogP contribution is 2.44. The van der Waals surface area contributed by atoms with Crippen LogP contribution in [0.2, 0.25) is 0 Å². The molecule has 8 heteroatoms. The molecule has 1 heterocycles. The lowest BCUT2D eigenvalue weighted by Crippen LogP contribution is -2.44. The van der Waals surface area contributed by atoms with E-state index in [0.29, 0.717) is 22.4 Å². The summed E-state index contributed by atoms with van der Waals surface area (Å²) in [6.07, 6.45) is -1.59. The quantitative estimate of drug-likeness (QED) is 0.252. The molecule has 6 nitrogen and oxygen atoms in total. The number of nitrogens with zero attached hydrogens (tertiary/aromatic N) is 1. The van der Waals surface area contributed by atoms with E-state index >= 15 is 0 Å². The third kappa shape index (κ3) is 5.59. The van der Waals surface area contributed by atoms with E-state index in [1.165, 1.54) is 19.1 Å². The van der Waals surface area contributed by atoms with Crippen molar-refractivity contribution in [3.63, 3.8) is 0 Å². The molecule has 0 radical (unpaired) electrons. The molecule has 38 heavy (non-hydrogen) atoms. The van der Waals surface area contributed by atoms with E-state index in [9.17, 15) is 24.0 Å². The molecule has 0 aliphatic rings. The molecule has 0 aliphatic heterocycles. The number of carboxylic acid groups (broad SMARTS) is 1. The number of halogens is 1. The van der Waals surface area contributed by atoms with E-state index in [1.54, 1.807) is 12.1 Å². The predicted octanol–water partition coefficient (Wildman–Crippen LogP) is 6.48. The molecule has 0 amide bonds. The number of aliphatic hydroxyl groups excluding tert-OH is 1. The van der Waals surface area contributed by atoms with Gasteiger partial charge in [-0.15, -0.1) is 0 Å². The lowest BCUT2D eigenvalue weighted by molar-refractivity contribution is -0.141. The van der Waals surface area contributed by atoms with Crippen molar-refractivity contribution in [2.45, 2.75) is 57.7 Å².